The van der Waals surface area contributed by atoms with E-state index in [1.165, 1.54) is 14.0 Å². The Labute approximate surface area is 135 Å². The standard InChI is InChI=1S/C18H19NO4/c1-13(20)23-16(14-9-5-3-6-10-14)17(21)19-18(22-2)15-11-7-4-8-12-15/h3-12,16,18H,1-2H3,(H,19,21). The Morgan fingerprint density at radius 2 is 1.43 bits per heavy atom. The first-order valence-electron chi connectivity index (χ1n) is 7.22. The summed E-state index contributed by atoms with van der Waals surface area (Å²) < 4.78 is 10.5. The van der Waals surface area contributed by atoms with Crippen molar-refractivity contribution in [2.75, 3.05) is 7.11 Å². The van der Waals surface area contributed by atoms with Crippen LogP contribution in [-0.4, -0.2) is 19.0 Å². The van der Waals surface area contributed by atoms with Crippen LogP contribution in [0.4, 0.5) is 0 Å². The normalized spacial score (nSPS) is 13.0. The van der Waals surface area contributed by atoms with E-state index >= 15 is 0 Å². The third-order valence-electron chi connectivity index (χ3n) is 3.24. The molecule has 0 aromatic heterocycles. The zero-order valence-corrected chi connectivity index (χ0v) is 13.1. The largest absolute Gasteiger partial charge is 0.447 e. The lowest BCUT2D eigenvalue weighted by Gasteiger charge is -2.22. The second kappa shape index (κ2) is 8.10. The van der Waals surface area contributed by atoms with Crippen molar-refractivity contribution in [2.45, 2.75) is 19.3 Å². The van der Waals surface area contributed by atoms with E-state index in [4.69, 9.17) is 9.47 Å². The number of hydrogen-bond donors (Lipinski definition) is 1. The molecule has 1 N–H and O–H groups in total. The van der Waals surface area contributed by atoms with Gasteiger partial charge in [0.15, 0.2) is 6.23 Å². The van der Waals surface area contributed by atoms with Gasteiger partial charge in [0.1, 0.15) is 0 Å². The zero-order chi connectivity index (χ0) is 16.7. The number of esters is 1. The molecule has 0 fully saturated rings. The van der Waals surface area contributed by atoms with Crippen LogP contribution >= 0.6 is 0 Å². The highest BCUT2D eigenvalue weighted by atomic mass is 16.5. The van der Waals surface area contributed by atoms with Crippen molar-refractivity contribution in [3.8, 4) is 0 Å². The number of amides is 1. The summed E-state index contributed by atoms with van der Waals surface area (Å²) in [5, 5.41) is 2.75. The van der Waals surface area contributed by atoms with Crippen molar-refractivity contribution in [1.82, 2.24) is 5.32 Å². The number of carbonyl (C=O) groups excluding carboxylic acids is 2. The van der Waals surface area contributed by atoms with Gasteiger partial charge in [0.25, 0.3) is 5.91 Å². The first-order valence-corrected chi connectivity index (χ1v) is 7.22. The molecule has 23 heavy (non-hydrogen) atoms. The molecule has 2 aromatic carbocycles. The summed E-state index contributed by atoms with van der Waals surface area (Å²) in [6, 6.07) is 18.1. The van der Waals surface area contributed by atoms with Crippen LogP contribution in [0.25, 0.3) is 0 Å². The van der Waals surface area contributed by atoms with Crippen LogP contribution in [0.1, 0.15) is 30.4 Å². The molecule has 0 bridgehead atoms. The summed E-state index contributed by atoms with van der Waals surface area (Å²) in [7, 11) is 1.50. The van der Waals surface area contributed by atoms with Crippen molar-refractivity contribution in [3.63, 3.8) is 0 Å². The Kier molecular flexibility index (Phi) is 5.88. The molecule has 0 heterocycles. The van der Waals surface area contributed by atoms with Gasteiger partial charge < -0.3 is 14.8 Å². The molecule has 0 radical (unpaired) electrons. The van der Waals surface area contributed by atoms with Crippen LogP contribution in [-0.2, 0) is 19.1 Å². The monoisotopic (exact) mass is 313 g/mol. The summed E-state index contributed by atoms with van der Waals surface area (Å²) in [6.07, 6.45) is -1.64. The quantitative estimate of drug-likeness (QED) is 0.658. The Bertz CT molecular complexity index is 643. The average molecular weight is 313 g/mol. The second-order valence-electron chi connectivity index (χ2n) is 4.94. The average Bonchev–Trinajstić information content (AvgIpc) is 2.58. The lowest BCUT2D eigenvalue weighted by Crippen LogP contribution is -2.35. The number of hydrogen-bond acceptors (Lipinski definition) is 4. The van der Waals surface area contributed by atoms with Crippen LogP contribution in [0.15, 0.2) is 60.7 Å². The highest BCUT2D eigenvalue weighted by molar-refractivity contribution is 5.84. The van der Waals surface area contributed by atoms with Crippen LogP contribution < -0.4 is 5.32 Å². The molecule has 2 rings (SSSR count). The molecule has 0 saturated carbocycles. The zero-order valence-electron chi connectivity index (χ0n) is 13.1. The molecule has 0 aliphatic heterocycles. The summed E-state index contributed by atoms with van der Waals surface area (Å²) in [4.78, 5) is 23.9. The van der Waals surface area contributed by atoms with E-state index in [1.807, 2.05) is 36.4 Å². The van der Waals surface area contributed by atoms with Gasteiger partial charge >= 0.3 is 5.97 Å². The van der Waals surface area contributed by atoms with E-state index in [9.17, 15) is 9.59 Å². The molecule has 0 aliphatic carbocycles. The lowest BCUT2D eigenvalue weighted by atomic mass is 10.1. The van der Waals surface area contributed by atoms with Gasteiger partial charge in [0.05, 0.1) is 0 Å². The molecule has 2 aromatic rings. The molecular weight excluding hydrogens is 294 g/mol. The Hall–Kier alpha value is -2.66. The summed E-state index contributed by atoms with van der Waals surface area (Å²) >= 11 is 0. The van der Waals surface area contributed by atoms with Crippen molar-refractivity contribution in [1.29, 1.82) is 0 Å². The van der Waals surface area contributed by atoms with E-state index in [-0.39, 0.29) is 0 Å². The van der Waals surface area contributed by atoms with E-state index in [0.29, 0.717) is 5.56 Å². The maximum Gasteiger partial charge on any atom is 0.303 e. The summed E-state index contributed by atoms with van der Waals surface area (Å²) in [6.45, 7) is 1.27. The van der Waals surface area contributed by atoms with E-state index in [0.717, 1.165) is 5.56 Å². The van der Waals surface area contributed by atoms with Gasteiger partial charge in [-0.1, -0.05) is 60.7 Å². The Morgan fingerprint density at radius 1 is 0.913 bits per heavy atom. The summed E-state index contributed by atoms with van der Waals surface area (Å²) in [5.74, 6) is -0.968. The Balaban J connectivity index is 2.18. The van der Waals surface area contributed by atoms with Gasteiger partial charge in [-0.2, -0.15) is 0 Å². The fourth-order valence-electron chi connectivity index (χ4n) is 2.18. The minimum absolute atomic E-state index is 0.442. The molecule has 0 aliphatic rings. The fraction of sp³-hybridized carbons (Fsp3) is 0.222. The van der Waals surface area contributed by atoms with E-state index in [2.05, 4.69) is 5.32 Å². The third kappa shape index (κ3) is 4.66. The van der Waals surface area contributed by atoms with Crippen molar-refractivity contribution < 1.29 is 19.1 Å². The van der Waals surface area contributed by atoms with Crippen molar-refractivity contribution >= 4 is 11.9 Å². The van der Waals surface area contributed by atoms with Crippen LogP contribution in [0.2, 0.25) is 0 Å². The van der Waals surface area contributed by atoms with Gasteiger partial charge in [-0.05, 0) is 0 Å². The maximum atomic E-state index is 12.6. The minimum Gasteiger partial charge on any atom is -0.447 e. The Morgan fingerprint density at radius 3 is 1.91 bits per heavy atom. The molecule has 5 nitrogen and oxygen atoms in total. The number of carbonyl (C=O) groups is 2. The molecular formula is C18H19NO4. The molecule has 0 saturated heterocycles. The van der Waals surface area contributed by atoms with Gasteiger partial charge in [-0.25, -0.2) is 0 Å². The van der Waals surface area contributed by atoms with E-state index < -0.39 is 24.2 Å². The van der Waals surface area contributed by atoms with Gasteiger partial charge in [-0.15, -0.1) is 0 Å². The number of rotatable bonds is 6. The highest BCUT2D eigenvalue weighted by Crippen LogP contribution is 2.20. The van der Waals surface area contributed by atoms with Crippen LogP contribution in [0.3, 0.4) is 0 Å². The van der Waals surface area contributed by atoms with Gasteiger partial charge in [0, 0.05) is 25.2 Å². The number of ether oxygens (including phenoxy) is 2. The predicted molar refractivity (Wildman–Crippen MR) is 85.3 cm³/mol. The molecule has 1 amide bonds. The van der Waals surface area contributed by atoms with Crippen LogP contribution in [0.5, 0.6) is 0 Å². The number of nitrogens with one attached hydrogen (secondary N) is 1. The van der Waals surface area contributed by atoms with E-state index in [1.54, 1.807) is 24.3 Å². The number of methoxy groups -OCH3 is 1. The first kappa shape index (κ1) is 16.7. The molecule has 120 valence electrons. The first-order chi connectivity index (χ1) is 11.1. The molecule has 5 heteroatoms. The van der Waals surface area contributed by atoms with Crippen LogP contribution in [0, 0.1) is 0 Å². The molecule has 2 unspecified atom stereocenters. The lowest BCUT2D eigenvalue weighted by molar-refractivity contribution is -0.156. The smallest absolute Gasteiger partial charge is 0.303 e. The maximum absolute atomic E-state index is 12.6. The van der Waals surface area contributed by atoms with Crippen molar-refractivity contribution in [3.05, 3.63) is 71.8 Å². The van der Waals surface area contributed by atoms with Gasteiger partial charge in [-0.3, -0.25) is 9.59 Å². The van der Waals surface area contributed by atoms with Gasteiger partial charge in [0.2, 0.25) is 6.10 Å². The SMILES string of the molecule is COC(NC(=O)C(OC(C)=O)c1ccccc1)c1ccccc1. The number of benzene rings is 2. The molecule has 0 spiro atoms. The summed E-state index contributed by atoms with van der Waals surface area (Å²) in [5.41, 5.74) is 1.40. The minimum atomic E-state index is -1.02. The molecule has 2 atom stereocenters. The topological polar surface area (TPSA) is 64.6 Å². The van der Waals surface area contributed by atoms with Crippen molar-refractivity contribution in [2.24, 2.45) is 0 Å². The second-order valence-corrected chi connectivity index (χ2v) is 4.94. The third-order valence-corrected chi connectivity index (χ3v) is 3.24. The highest BCUT2D eigenvalue weighted by Gasteiger charge is 2.26. The fourth-order valence-corrected chi connectivity index (χ4v) is 2.18. The predicted octanol–water partition coefficient (Wildman–Crippen LogP) is 2.75.